The number of hydrogen-bond acceptors (Lipinski definition) is 7. The van der Waals surface area contributed by atoms with Gasteiger partial charge in [0.2, 0.25) is 0 Å². The fraction of sp³-hybridized carbons (Fsp3) is 0.348. The zero-order chi connectivity index (χ0) is 23.4. The average Bonchev–Trinajstić information content (AvgIpc) is 3.19. The quantitative estimate of drug-likeness (QED) is 0.226. The maximum absolute atomic E-state index is 11.7. The van der Waals surface area contributed by atoms with E-state index in [1.165, 1.54) is 0 Å². The molecule has 1 aliphatic heterocycles. The van der Waals surface area contributed by atoms with Crippen LogP contribution in [0.1, 0.15) is 11.3 Å². The monoisotopic (exact) mass is 471 g/mol. The van der Waals surface area contributed by atoms with Gasteiger partial charge in [-0.15, -0.1) is 0 Å². The Morgan fingerprint density at radius 2 is 1.94 bits per heavy atom. The number of aromatic amines is 1. The fourth-order valence-electron chi connectivity index (χ4n) is 3.93. The van der Waals surface area contributed by atoms with Crippen LogP contribution in [-0.2, 0) is 4.57 Å². The Kier molecular flexibility index (Phi) is 7.05. The highest BCUT2D eigenvalue weighted by Gasteiger charge is 2.17. The number of nitrogens with zero attached hydrogens (tertiary/aromatic N) is 2. The van der Waals surface area contributed by atoms with Crippen molar-refractivity contribution in [3.63, 3.8) is 0 Å². The summed E-state index contributed by atoms with van der Waals surface area (Å²) in [7, 11) is -2.01. The van der Waals surface area contributed by atoms with Crippen LogP contribution < -0.4 is 20.3 Å². The van der Waals surface area contributed by atoms with Gasteiger partial charge in [0.1, 0.15) is 18.1 Å². The van der Waals surface area contributed by atoms with Crippen molar-refractivity contribution in [1.82, 2.24) is 15.2 Å². The molecule has 9 nitrogen and oxygen atoms in total. The first-order valence-corrected chi connectivity index (χ1v) is 12.9. The second-order valence-electron chi connectivity index (χ2n) is 8.09. The van der Waals surface area contributed by atoms with Crippen LogP contribution in [0.15, 0.2) is 47.5 Å². The maximum Gasteiger partial charge on any atom is 0.373 e. The first-order chi connectivity index (χ1) is 15.8. The summed E-state index contributed by atoms with van der Waals surface area (Å²) < 4.78 is 22.8. The molecule has 0 radical (unpaired) electrons. The molecule has 1 aliphatic rings. The summed E-state index contributed by atoms with van der Waals surface area (Å²) in [4.78, 5) is 19.7. The minimum atomic E-state index is -3.69. The lowest BCUT2D eigenvalue weighted by molar-refractivity contribution is 0.191. The number of ether oxygens (including phenoxy) is 1. The van der Waals surface area contributed by atoms with Crippen LogP contribution in [0, 0.1) is 0 Å². The third-order valence-electron chi connectivity index (χ3n) is 5.51. The molecule has 10 heteroatoms. The Balaban J connectivity index is 1.52. The van der Waals surface area contributed by atoms with E-state index in [0.29, 0.717) is 23.6 Å². The molecule has 0 saturated carbocycles. The third kappa shape index (κ3) is 5.94. The molecule has 2 aromatic carbocycles. The molecule has 1 aromatic heterocycles. The van der Waals surface area contributed by atoms with E-state index in [-0.39, 0.29) is 5.75 Å². The van der Waals surface area contributed by atoms with E-state index in [0.717, 1.165) is 61.7 Å². The number of aliphatic imine (C=N–C) groups is 1. The van der Waals surface area contributed by atoms with Crippen molar-refractivity contribution in [2.24, 2.45) is 4.99 Å². The van der Waals surface area contributed by atoms with E-state index >= 15 is 0 Å². The van der Waals surface area contributed by atoms with Crippen molar-refractivity contribution in [2.75, 3.05) is 58.8 Å². The number of aromatic nitrogens is 1. The van der Waals surface area contributed by atoms with E-state index < -0.39 is 7.60 Å². The molecule has 4 rings (SSSR count). The van der Waals surface area contributed by atoms with Crippen LogP contribution in [0.5, 0.6) is 11.5 Å². The van der Waals surface area contributed by atoms with Crippen molar-refractivity contribution in [3.05, 3.63) is 53.7 Å². The number of hydrogen-bond donors (Lipinski definition) is 4. The van der Waals surface area contributed by atoms with Crippen LogP contribution in [0.4, 0.5) is 5.69 Å². The van der Waals surface area contributed by atoms with Gasteiger partial charge in [0.25, 0.3) is 0 Å². The topological polar surface area (TPSA) is 125 Å². The number of nitrogens with two attached hydrogens (primary N) is 1. The van der Waals surface area contributed by atoms with E-state index in [2.05, 4.69) is 20.2 Å². The zero-order valence-electron chi connectivity index (χ0n) is 18.9. The summed E-state index contributed by atoms with van der Waals surface area (Å²) in [5.41, 5.74) is 9.64. The molecule has 1 atom stereocenters. The highest BCUT2D eigenvalue weighted by Crippen LogP contribution is 2.39. The molecule has 1 unspecified atom stereocenters. The molecule has 33 heavy (non-hydrogen) atoms. The SMILES string of the molecule is CN=C(c1cc2cc(OCCN3CCNCC3)ccc2[nH]1)c1cc(OP(C)(=O)O)ccc1N. The molecule has 0 bridgehead atoms. The van der Waals surface area contributed by atoms with Crippen LogP contribution in [0.2, 0.25) is 0 Å². The van der Waals surface area contributed by atoms with Crippen LogP contribution >= 0.6 is 7.60 Å². The van der Waals surface area contributed by atoms with Crippen molar-refractivity contribution < 1.29 is 18.7 Å². The lowest BCUT2D eigenvalue weighted by Gasteiger charge is -2.26. The summed E-state index contributed by atoms with van der Waals surface area (Å²) in [6, 6.07) is 12.7. The van der Waals surface area contributed by atoms with Crippen LogP contribution in [0.25, 0.3) is 10.9 Å². The second-order valence-corrected chi connectivity index (χ2v) is 9.88. The van der Waals surface area contributed by atoms with Gasteiger partial charge in [0, 0.05) is 68.6 Å². The largest absolute Gasteiger partial charge is 0.492 e. The summed E-state index contributed by atoms with van der Waals surface area (Å²) >= 11 is 0. The minimum absolute atomic E-state index is 0.255. The van der Waals surface area contributed by atoms with Gasteiger partial charge in [-0.1, -0.05) is 0 Å². The average molecular weight is 471 g/mol. The van der Waals surface area contributed by atoms with Crippen LogP contribution in [0.3, 0.4) is 0 Å². The molecular formula is C23H30N5O4P. The van der Waals surface area contributed by atoms with Crippen LogP contribution in [-0.4, -0.2) is 73.5 Å². The summed E-state index contributed by atoms with van der Waals surface area (Å²) in [5.74, 6) is 1.07. The number of anilines is 1. The second kappa shape index (κ2) is 9.97. The van der Waals surface area contributed by atoms with E-state index in [1.807, 2.05) is 24.3 Å². The molecule has 0 spiro atoms. The van der Waals surface area contributed by atoms with Gasteiger partial charge in [-0.2, -0.15) is 0 Å². The van der Waals surface area contributed by atoms with Gasteiger partial charge in [-0.3, -0.25) is 9.89 Å². The Morgan fingerprint density at radius 3 is 2.67 bits per heavy atom. The predicted octanol–water partition coefficient (Wildman–Crippen LogP) is 2.70. The lowest BCUT2D eigenvalue weighted by atomic mass is 10.0. The Labute approximate surface area is 193 Å². The third-order valence-corrected chi connectivity index (χ3v) is 6.06. The van der Waals surface area contributed by atoms with Gasteiger partial charge in [0.05, 0.1) is 11.4 Å². The molecule has 0 amide bonds. The highest BCUT2D eigenvalue weighted by atomic mass is 31.2. The number of nitrogen functional groups attached to an aromatic ring is 1. The minimum Gasteiger partial charge on any atom is -0.492 e. The van der Waals surface area contributed by atoms with E-state index in [4.69, 9.17) is 15.0 Å². The van der Waals surface area contributed by atoms with E-state index in [1.54, 1.807) is 25.2 Å². The molecule has 2 heterocycles. The number of nitrogens with one attached hydrogen (secondary N) is 2. The van der Waals surface area contributed by atoms with Gasteiger partial charge < -0.3 is 30.2 Å². The molecule has 5 N–H and O–H groups in total. The lowest BCUT2D eigenvalue weighted by Crippen LogP contribution is -2.44. The number of benzene rings is 2. The number of rotatable bonds is 8. The van der Waals surface area contributed by atoms with Crippen molar-refractivity contribution in [1.29, 1.82) is 0 Å². The predicted molar refractivity (Wildman–Crippen MR) is 132 cm³/mol. The normalized spacial score (nSPS) is 17.1. The number of piperazine rings is 1. The Hall–Kier alpha value is -2.84. The van der Waals surface area contributed by atoms with Gasteiger partial charge >= 0.3 is 7.60 Å². The molecule has 176 valence electrons. The van der Waals surface area contributed by atoms with Crippen molar-refractivity contribution in [2.45, 2.75) is 0 Å². The molecule has 1 fully saturated rings. The maximum atomic E-state index is 11.7. The standard InChI is InChI=1S/C23H30N5O4P/c1-25-23(19-15-18(3-5-20(19)24)32-33(2,29)30)22-14-16-13-17(4-6-21(16)27-22)31-12-11-28-9-7-26-8-10-28/h3-6,13-15,26-27H,7-12,24H2,1-2H3,(H,29,30). The fourth-order valence-corrected chi connectivity index (χ4v) is 4.44. The molecule has 0 aliphatic carbocycles. The molecular weight excluding hydrogens is 441 g/mol. The first-order valence-electron chi connectivity index (χ1n) is 10.9. The highest BCUT2D eigenvalue weighted by molar-refractivity contribution is 7.52. The summed E-state index contributed by atoms with van der Waals surface area (Å²) in [5, 5.41) is 4.34. The van der Waals surface area contributed by atoms with Gasteiger partial charge in [-0.05, 0) is 42.5 Å². The van der Waals surface area contributed by atoms with Gasteiger partial charge in [0.15, 0.2) is 0 Å². The number of H-pyrrole nitrogens is 1. The smallest absolute Gasteiger partial charge is 0.373 e. The Morgan fingerprint density at radius 1 is 1.18 bits per heavy atom. The number of fused-ring (bicyclic) bond motifs is 1. The Bertz CT molecular complexity index is 1200. The summed E-state index contributed by atoms with van der Waals surface area (Å²) in [6.45, 7) is 6.82. The molecule has 1 saturated heterocycles. The zero-order valence-corrected chi connectivity index (χ0v) is 19.8. The van der Waals surface area contributed by atoms with E-state index in [9.17, 15) is 9.46 Å². The first kappa shape index (κ1) is 23.3. The van der Waals surface area contributed by atoms with Gasteiger partial charge in [-0.25, -0.2) is 4.57 Å². The van der Waals surface area contributed by atoms with Crippen molar-refractivity contribution >= 4 is 29.9 Å². The van der Waals surface area contributed by atoms with Crippen molar-refractivity contribution in [3.8, 4) is 11.5 Å². The summed E-state index contributed by atoms with van der Waals surface area (Å²) in [6.07, 6.45) is 0. The molecule has 3 aromatic rings.